The van der Waals surface area contributed by atoms with Crippen LogP contribution in [0.3, 0.4) is 0 Å². The zero-order valence-electron chi connectivity index (χ0n) is 15.8. The van der Waals surface area contributed by atoms with Crippen molar-refractivity contribution in [3.63, 3.8) is 0 Å². The molecule has 3 rings (SSSR count). The Morgan fingerprint density at radius 3 is 2.42 bits per heavy atom. The highest BCUT2D eigenvalue weighted by Crippen LogP contribution is 2.25. The second-order valence-corrected chi connectivity index (χ2v) is 7.69. The van der Waals surface area contributed by atoms with Crippen LogP contribution in [-0.4, -0.2) is 37.5 Å². The molecule has 1 aromatic carbocycles. The largest absolute Gasteiger partial charge is 0.371 e. The van der Waals surface area contributed by atoms with Gasteiger partial charge in [0.15, 0.2) is 0 Å². The van der Waals surface area contributed by atoms with Crippen LogP contribution < -0.4 is 15.5 Å². The summed E-state index contributed by atoms with van der Waals surface area (Å²) in [5.41, 5.74) is 1.77. The molecule has 26 heavy (non-hydrogen) atoms. The van der Waals surface area contributed by atoms with Crippen LogP contribution >= 0.6 is 0 Å². The van der Waals surface area contributed by atoms with Crippen molar-refractivity contribution in [1.82, 2.24) is 10.6 Å². The molecule has 0 radical (unpaired) electrons. The Morgan fingerprint density at radius 2 is 1.73 bits per heavy atom. The lowest BCUT2D eigenvalue weighted by Gasteiger charge is -2.34. The van der Waals surface area contributed by atoms with Gasteiger partial charge in [-0.1, -0.05) is 31.4 Å². The average molecular weight is 357 g/mol. The van der Waals surface area contributed by atoms with Gasteiger partial charge in [0.2, 0.25) is 5.91 Å². The number of anilines is 1. The van der Waals surface area contributed by atoms with Crippen molar-refractivity contribution < 1.29 is 9.59 Å². The van der Waals surface area contributed by atoms with Crippen molar-refractivity contribution in [2.75, 3.05) is 24.5 Å². The van der Waals surface area contributed by atoms with E-state index in [1.807, 2.05) is 24.3 Å². The van der Waals surface area contributed by atoms with E-state index in [1.165, 1.54) is 32.1 Å². The molecule has 0 bridgehead atoms. The fraction of sp³-hybridized carbons (Fsp3) is 0.619. The molecule has 1 aliphatic heterocycles. The number of nitrogens with one attached hydrogen (secondary N) is 2. The minimum absolute atomic E-state index is 0.0333. The summed E-state index contributed by atoms with van der Waals surface area (Å²) in [5.74, 6) is 0.703. The summed E-state index contributed by atoms with van der Waals surface area (Å²) in [6.07, 6.45) is 8.22. The molecule has 2 amide bonds. The number of carbonyl (C=O) groups excluding carboxylic acids is 2. The molecule has 0 spiro atoms. The summed E-state index contributed by atoms with van der Waals surface area (Å²) in [7, 11) is 0. The molecule has 2 N–H and O–H groups in total. The van der Waals surface area contributed by atoms with Crippen LogP contribution in [0.4, 0.5) is 5.69 Å². The molecule has 1 aromatic rings. The van der Waals surface area contributed by atoms with E-state index in [1.54, 1.807) is 6.92 Å². The highest BCUT2D eigenvalue weighted by Gasteiger charge is 2.23. The van der Waals surface area contributed by atoms with Gasteiger partial charge in [0.25, 0.3) is 5.91 Å². The molecule has 5 nitrogen and oxygen atoms in total. The first-order valence-corrected chi connectivity index (χ1v) is 10.0. The molecule has 142 valence electrons. The highest BCUT2D eigenvalue weighted by atomic mass is 16.2. The van der Waals surface area contributed by atoms with Gasteiger partial charge in [-0.25, -0.2) is 0 Å². The molecule has 5 heteroatoms. The number of benzene rings is 1. The number of hydrogen-bond donors (Lipinski definition) is 2. The Balaban J connectivity index is 1.59. The van der Waals surface area contributed by atoms with Gasteiger partial charge >= 0.3 is 0 Å². The van der Waals surface area contributed by atoms with E-state index in [9.17, 15) is 9.59 Å². The van der Waals surface area contributed by atoms with E-state index in [0.717, 1.165) is 43.7 Å². The molecule has 1 saturated carbocycles. The Kier molecular flexibility index (Phi) is 6.53. The molecule has 1 aliphatic carbocycles. The van der Waals surface area contributed by atoms with Crippen LogP contribution in [0.1, 0.15) is 62.2 Å². The summed E-state index contributed by atoms with van der Waals surface area (Å²) in [4.78, 5) is 26.3. The second-order valence-electron chi connectivity index (χ2n) is 7.69. The van der Waals surface area contributed by atoms with Gasteiger partial charge < -0.3 is 15.5 Å². The molecular weight excluding hydrogens is 326 g/mol. The fourth-order valence-corrected chi connectivity index (χ4v) is 4.22. The van der Waals surface area contributed by atoms with Crippen LogP contribution in [-0.2, 0) is 4.79 Å². The lowest BCUT2D eigenvalue weighted by molar-refractivity contribution is -0.119. The van der Waals surface area contributed by atoms with Crippen LogP contribution in [0.25, 0.3) is 0 Å². The van der Waals surface area contributed by atoms with E-state index in [0.29, 0.717) is 5.92 Å². The van der Waals surface area contributed by atoms with E-state index in [-0.39, 0.29) is 17.9 Å². The molecule has 1 heterocycles. The van der Waals surface area contributed by atoms with Crippen LogP contribution in [0.5, 0.6) is 0 Å². The van der Waals surface area contributed by atoms with Gasteiger partial charge in [-0.05, 0) is 43.7 Å². The molecule has 0 atom stereocenters. The predicted molar refractivity (Wildman–Crippen MR) is 104 cm³/mol. The van der Waals surface area contributed by atoms with Crippen molar-refractivity contribution in [1.29, 1.82) is 0 Å². The summed E-state index contributed by atoms with van der Waals surface area (Å²) in [6, 6.07) is 8.13. The van der Waals surface area contributed by atoms with Crippen LogP contribution in [0.15, 0.2) is 24.3 Å². The van der Waals surface area contributed by atoms with E-state index in [4.69, 9.17) is 0 Å². The van der Waals surface area contributed by atoms with Gasteiger partial charge in [-0.3, -0.25) is 9.59 Å². The number of piperidine rings is 1. The quantitative estimate of drug-likeness (QED) is 0.851. The Hall–Kier alpha value is -2.04. The first kappa shape index (κ1) is 18.7. The van der Waals surface area contributed by atoms with Crippen molar-refractivity contribution in [2.24, 2.45) is 5.92 Å². The number of carbonyl (C=O) groups is 2. The molecule has 2 fully saturated rings. The number of amides is 2. The predicted octanol–water partition coefficient (Wildman–Crippen LogP) is 3.10. The SMILES string of the molecule is CC(=O)NC1CCN(c2ccccc2C(=O)NCC2CCCCC2)CC1. The monoisotopic (exact) mass is 357 g/mol. The van der Waals surface area contributed by atoms with Gasteiger partial charge in [-0.2, -0.15) is 0 Å². The number of hydrogen-bond acceptors (Lipinski definition) is 3. The van der Waals surface area contributed by atoms with E-state index >= 15 is 0 Å². The van der Waals surface area contributed by atoms with E-state index in [2.05, 4.69) is 15.5 Å². The maximum Gasteiger partial charge on any atom is 0.253 e. The van der Waals surface area contributed by atoms with Crippen molar-refractivity contribution >= 4 is 17.5 Å². The maximum absolute atomic E-state index is 12.8. The molecule has 2 aliphatic rings. The van der Waals surface area contributed by atoms with Gasteiger partial charge in [0, 0.05) is 38.3 Å². The minimum atomic E-state index is 0.0333. The first-order valence-electron chi connectivity index (χ1n) is 10.0. The fourth-order valence-electron chi connectivity index (χ4n) is 4.22. The topological polar surface area (TPSA) is 61.4 Å². The molecular formula is C21H31N3O2. The Morgan fingerprint density at radius 1 is 1.04 bits per heavy atom. The molecule has 0 unspecified atom stereocenters. The second kappa shape index (κ2) is 9.06. The third-order valence-electron chi connectivity index (χ3n) is 5.67. The normalized spacial score (nSPS) is 19.2. The zero-order valence-corrected chi connectivity index (χ0v) is 15.8. The summed E-state index contributed by atoms with van der Waals surface area (Å²) < 4.78 is 0. The number of rotatable bonds is 5. The molecule has 0 aromatic heterocycles. The highest BCUT2D eigenvalue weighted by molar-refractivity contribution is 5.99. The van der Waals surface area contributed by atoms with Crippen LogP contribution in [0.2, 0.25) is 0 Å². The third kappa shape index (κ3) is 4.99. The smallest absolute Gasteiger partial charge is 0.253 e. The van der Waals surface area contributed by atoms with Crippen molar-refractivity contribution in [2.45, 2.75) is 57.9 Å². The van der Waals surface area contributed by atoms with Crippen molar-refractivity contribution in [3.8, 4) is 0 Å². The zero-order chi connectivity index (χ0) is 18.4. The van der Waals surface area contributed by atoms with E-state index < -0.39 is 0 Å². The minimum Gasteiger partial charge on any atom is -0.371 e. The van der Waals surface area contributed by atoms with Crippen LogP contribution in [0, 0.1) is 5.92 Å². The lowest BCUT2D eigenvalue weighted by atomic mass is 9.89. The molecule has 1 saturated heterocycles. The maximum atomic E-state index is 12.8. The average Bonchev–Trinajstić information content (AvgIpc) is 2.67. The first-order chi connectivity index (χ1) is 12.6. The lowest BCUT2D eigenvalue weighted by Crippen LogP contribution is -2.44. The summed E-state index contributed by atoms with van der Waals surface area (Å²) in [6.45, 7) is 4.08. The standard InChI is InChI=1S/C21H31N3O2/c1-16(25)23-18-11-13-24(14-12-18)20-10-6-5-9-19(20)21(26)22-15-17-7-3-2-4-8-17/h5-6,9-10,17-18H,2-4,7-8,11-15H2,1H3,(H,22,26)(H,23,25). The third-order valence-corrected chi connectivity index (χ3v) is 5.67. The van der Waals surface area contributed by atoms with Gasteiger partial charge in [0.1, 0.15) is 0 Å². The summed E-state index contributed by atoms with van der Waals surface area (Å²) in [5, 5.41) is 6.16. The Bertz CT molecular complexity index is 617. The number of para-hydroxylation sites is 1. The Labute approximate surface area is 156 Å². The van der Waals surface area contributed by atoms with Crippen molar-refractivity contribution in [3.05, 3.63) is 29.8 Å². The summed E-state index contributed by atoms with van der Waals surface area (Å²) >= 11 is 0. The number of nitrogens with zero attached hydrogens (tertiary/aromatic N) is 1. The van der Waals surface area contributed by atoms with Gasteiger partial charge in [0.05, 0.1) is 5.56 Å². The van der Waals surface area contributed by atoms with Gasteiger partial charge in [-0.15, -0.1) is 0 Å².